The Morgan fingerprint density at radius 3 is 1.38 bits per heavy atom. The van der Waals surface area contributed by atoms with Gasteiger partial charge in [0.2, 0.25) is 0 Å². The van der Waals surface area contributed by atoms with Crippen LogP contribution in [0.1, 0.15) is 11.4 Å². The number of aliphatic hydroxyl groups is 6. The number of hydrogen-bond donors (Lipinski definition) is 8. The first kappa shape index (κ1) is 20.8. The van der Waals surface area contributed by atoms with Crippen molar-refractivity contribution in [1.29, 1.82) is 0 Å². The van der Waals surface area contributed by atoms with Crippen LogP contribution in [0.4, 0.5) is 0 Å². The number of hydrogen-bond acceptors (Lipinski definition) is 10. The van der Waals surface area contributed by atoms with Crippen LogP contribution in [0, 0.1) is 0 Å². The van der Waals surface area contributed by atoms with Crippen LogP contribution in [0.2, 0.25) is 0 Å². The van der Waals surface area contributed by atoms with Crippen LogP contribution in [-0.4, -0.2) is 91.3 Å². The maximum absolute atomic E-state index is 9.47. The summed E-state index contributed by atoms with van der Waals surface area (Å²) < 4.78 is 0. The molecule has 0 bridgehead atoms. The topological polar surface area (TPSA) is 171 Å². The Hall–Kier alpha value is -1.24. The van der Waals surface area contributed by atoms with Gasteiger partial charge in [-0.1, -0.05) is 0 Å². The monoisotopic (exact) mass is 346 g/mol. The van der Waals surface area contributed by atoms with Gasteiger partial charge < -0.3 is 41.3 Å². The lowest BCUT2D eigenvalue weighted by Crippen LogP contribution is -2.38. The van der Waals surface area contributed by atoms with Crippen molar-refractivity contribution in [2.45, 2.75) is 37.5 Å². The van der Waals surface area contributed by atoms with Crippen molar-refractivity contribution >= 4 is 0 Å². The Morgan fingerprint density at radius 2 is 1.08 bits per heavy atom. The fourth-order valence-corrected chi connectivity index (χ4v) is 1.78. The first-order valence-corrected chi connectivity index (χ1v) is 7.63. The third-order valence-electron chi connectivity index (χ3n) is 3.34. The summed E-state index contributed by atoms with van der Waals surface area (Å²) in [6.07, 6.45) is -1.39. The predicted octanol–water partition coefficient (Wildman–Crippen LogP) is -3.92. The van der Waals surface area contributed by atoms with Gasteiger partial charge in [0, 0.05) is 26.2 Å². The van der Waals surface area contributed by atoms with Gasteiger partial charge in [0.05, 0.1) is 49.2 Å². The third kappa shape index (κ3) is 7.55. The van der Waals surface area contributed by atoms with Crippen molar-refractivity contribution in [2.75, 3.05) is 26.3 Å². The Kier molecular flexibility index (Phi) is 9.83. The summed E-state index contributed by atoms with van der Waals surface area (Å²) in [4.78, 5) is 8.36. The molecule has 0 saturated heterocycles. The molecule has 0 fully saturated rings. The van der Waals surface area contributed by atoms with E-state index in [4.69, 9.17) is 10.2 Å². The van der Waals surface area contributed by atoms with E-state index in [1.165, 1.54) is 0 Å². The highest BCUT2D eigenvalue weighted by Gasteiger charge is 2.15. The summed E-state index contributed by atoms with van der Waals surface area (Å²) in [5, 5.41) is 60.5. The van der Waals surface area contributed by atoms with E-state index in [9.17, 15) is 20.4 Å². The van der Waals surface area contributed by atoms with Crippen LogP contribution in [0.5, 0.6) is 0 Å². The second-order valence-electron chi connectivity index (χ2n) is 5.40. The van der Waals surface area contributed by atoms with E-state index in [0.717, 1.165) is 0 Å². The van der Waals surface area contributed by atoms with Gasteiger partial charge in [-0.2, -0.15) is 0 Å². The van der Waals surface area contributed by atoms with E-state index in [0.29, 0.717) is 24.5 Å². The van der Waals surface area contributed by atoms with E-state index in [-0.39, 0.29) is 13.1 Å². The minimum Gasteiger partial charge on any atom is -0.394 e. The van der Waals surface area contributed by atoms with Crippen LogP contribution in [-0.2, 0) is 13.1 Å². The number of aromatic nitrogens is 2. The largest absolute Gasteiger partial charge is 0.394 e. The van der Waals surface area contributed by atoms with Crippen molar-refractivity contribution in [3.05, 3.63) is 23.8 Å². The minimum atomic E-state index is -1.18. The lowest BCUT2D eigenvalue weighted by molar-refractivity contribution is -0.0130. The fraction of sp³-hybridized carbons (Fsp3) is 0.714. The molecule has 1 aromatic heterocycles. The van der Waals surface area contributed by atoms with Crippen LogP contribution in [0.25, 0.3) is 0 Å². The molecule has 138 valence electrons. The second kappa shape index (κ2) is 11.3. The van der Waals surface area contributed by atoms with Gasteiger partial charge in [-0.15, -0.1) is 0 Å². The van der Waals surface area contributed by atoms with E-state index >= 15 is 0 Å². The van der Waals surface area contributed by atoms with Crippen LogP contribution < -0.4 is 10.6 Å². The maximum Gasteiger partial charge on any atom is 0.104 e. The third-order valence-corrected chi connectivity index (χ3v) is 3.34. The first-order valence-electron chi connectivity index (χ1n) is 7.63. The van der Waals surface area contributed by atoms with E-state index in [2.05, 4.69) is 20.6 Å². The van der Waals surface area contributed by atoms with Crippen molar-refractivity contribution in [3.63, 3.8) is 0 Å². The van der Waals surface area contributed by atoms with E-state index in [1.807, 2.05) is 0 Å². The number of rotatable bonds is 12. The molecule has 8 N–H and O–H groups in total. The normalized spacial score (nSPS) is 16.6. The number of nitrogens with one attached hydrogen (secondary N) is 2. The smallest absolute Gasteiger partial charge is 0.104 e. The highest BCUT2D eigenvalue weighted by molar-refractivity contribution is 5.02. The van der Waals surface area contributed by atoms with Gasteiger partial charge in [0.25, 0.3) is 0 Å². The fourth-order valence-electron chi connectivity index (χ4n) is 1.78. The quantitative estimate of drug-likeness (QED) is 0.187. The van der Waals surface area contributed by atoms with Gasteiger partial charge in [0.1, 0.15) is 12.2 Å². The lowest BCUT2D eigenvalue weighted by Gasteiger charge is -2.16. The first-order chi connectivity index (χ1) is 11.5. The number of nitrogens with zero attached hydrogens (tertiary/aromatic N) is 2. The Labute approximate surface area is 139 Å². The molecule has 1 heterocycles. The SMILES string of the molecule is OCC(O)C(O)CNCc1cnc(CNCC(O)C(O)CO)cn1. The summed E-state index contributed by atoms with van der Waals surface area (Å²) in [6.45, 7) is -0.104. The molecule has 1 rings (SSSR count). The average Bonchev–Trinajstić information content (AvgIpc) is 2.61. The number of aliphatic hydroxyl groups excluding tert-OH is 6. The Balaban J connectivity index is 2.28. The summed E-state index contributed by atoms with van der Waals surface area (Å²) in [6, 6.07) is 0. The zero-order valence-electron chi connectivity index (χ0n) is 13.3. The van der Waals surface area contributed by atoms with Gasteiger partial charge in [-0.05, 0) is 0 Å². The van der Waals surface area contributed by atoms with Gasteiger partial charge in [0.15, 0.2) is 0 Å². The van der Waals surface area contributed by atoms with Crippen molar-refractivity contribution < 1.29 is 30.6 Å². The lowest BCUT2D eigenvalue weighted by atomic mass is 10.2. The summed E-state index contributed by atoms with van der Waals surface area (Å²) >= 11 is 0. The maximum atomic E-state index is 9.47. The molecular weight excluding hydrogens is 320 g/mol. The highest BCUT2D eigenvalue weighted by atomic mass is 16.4. The molecule has 0 aliphatic rings. The molecular formula is C14H26N4O6. The summed E-state index contributed by atoms with van der Waals surface area (Å²) in [5.74, 6) is 0. The van der Waals surface area contributed by atoms with Crippen molar-refractivity contribution in [1.82, 2.24) is 20.6 Å². The predicted molar refractivity (Wildman–Crippen MR) is 83.6 cm³/mol. The van der Waals surface area contributed by atoms with Crippen molar-refractivity contribution in [2.24, 2.45) is 0 Å². The standard InChI is InChI=1S/C14H26N4O6/c19-7-13(23)11(21)5-15-1-9-3-18-10(4-17-9)2-16-6-12(22)14(24)8-20/h3-4,11-16,19-24H,1-2,5-8H2. The van der Waals surface area contributed by atoms with Crippen LogP contribution in [0.15, 0.2) is 12.4 Å². The van der Waals surface area contributed by atoms with E-state index < -0.39 is 37.6 Å². The molecule has 10 heteroatoms. The summed E-state index contributed by atoms with van der Waals surface area (Å²) in [7, 11) is 0. The molecule has 24 heavy (non-hydrogen) atoms. The summed E-state index contributed by atoms with van der Waals surface area (Å²) in [5.41, 5.74) is 1.28. The molecule has 10 nitrogen and oxygen atoms in total. The van der Waals surface area contributed by atoms with Gasteiger partial charge >= 0.3 is 0 Å². The molecule has 0 spiro atoms. The molecule has 0 amide bonds. The highest BCUT2D eigenvalue weighted by Crippen LogP contribution is 1.97. The molecule has 4 atom stereocenters. The van der Waals surface area contributed by atoms with Crippen molar-refractivity contribution in [3.8, 4) is 0 Å². The molecule has 0 saturated carbocycles. The zero-order valence-corrected chi connectivity index (χ0v) is 13.3. The Bertz CT molecular complexity index is 408. The van der Waals surface area contributed by atoms with E-state index in [1.54, 1.807) is 12.4 Å². The van der Waals surface area contributed by atoms with Crippen LogP contribution >= 0.6 is 0 Å². The molecule has 0 radical (unpaired) electrons. The van der Waals surface area contributed by atoms with Gasteiger partial charge in [-0.25, -0.2) is 0 Å². The van der Waals surface area contributed by atoms with Gasteiger partial charge in [-0.3, -0.25) is 9.97 Å². The molecule has 0 aromatic carbocycles. The molecule has 0 aliphatic carbocycles. The van der Waals surface area contributed by atoms with Crippen LogP contribution in [0.3, 0.4) is 0 Å². The molecule has 4 unspecified atom stereocenters. The zero-order chi connectivity index (χ0) is 17.9. The average molecular weight is 346 g/mol. The molecule has 1 aromatic rings. The Morgan fingerprint density at radius 1 is 0.708 bits per heavy atom. The molecule has 0 aliphatic heterocycles. The second-order valence-corrected chi connectivity index (χ2v) is 5.40. The minimum absolute atomic E-state index is 0.109.